The van der Waals surface area contributed by atoms with E-state index in [2.05, 4.69) is 11.0 Å². The summed E-state index contributed by atoms with van der Waals surface area (Å²) in [6.45, 7) is 4.18. The molecular weight excluding hydrogens is 334 g/mol. The zero-order valence-electron chi connectivity index (χ0n) is 15.6. The number of carbonyl (C=O) groups is 1. The molecule has 2 saturated heterocycles. The van der Waals surface area contributed by atoms with Crippen molar-refractivity contribution in [3.05, 3.63) is 59.7 Å². The first-order valence-corrected chi connectivity index (χ1v) is 9.88. The number of piperidine rings is 1. The molecule has 0 N–H and O–H groups in total. The Bertz CT molecular complexity index is 821. The van der Waals surface area contributed by atoms with Crippen LogP contribution >= 0.6 is 0 Å². The Balaban J connectivity index is 1.38. The van der Waals surface area contributed by atoms with Crippen molar-refractivity contribution in [3.8, 4) is 17.2 Å². The number of hydrogen-bond donors (Lipinski definition) is 0. The fraction of sp³-hybridized carbons (Fsp3) is 0.391. The average molecular weight is 359 g/mol. The second kappa shape index (κ2) is 7.94. The first-order chi connectivity index (χ1) is 13.2. The fourth-order valence-electron chi connectivity index (χ4n) is 4.27. The summed E-state index contributed by atoms with van der Waals surface area (Å²) in [5, 5.41) is 8.90. The lowest BCUT2D eigenvalue weighted by molar-refractivity contribution is 0.0644. The molecule has 0 aromatic heterocycles. The zero-order valence-corrected chi connectivity index (χ0v) is 15.6. The Labute approximate surface area is 161 Å². The van der Waals surface area contributed by atoms with Crippen molar-refractivity contribution in [2.75, 3.05) is 26.2 Å². The number of amides is 1. The number of carbonyl (C=O) groups excluding carboxylic acids is 1. The first-order valence-electron chi connectivity index (χ1n) is 9.88. The molecule has 2 aromatic carbocycles. The zero-order chi connectivity index (χ0) is 18.6. The minimum absolute atomic E-state index is 0.140. The number of likely N-dealkylation sites (tertiary alicyclic amines) is 2. The van der Waals surface area contributed by atoms with Gasteiger partial charge in [0, 0.05) is 24.7 Å². The number of rotatable bonds is 3. The summed E-state index contributed by atoms with van der Waals surface area (Å²) in [6, 6.07) is 18.1. The number of hydrogen-bond acceptors (Lipinski definition) is 3. The summed E-state index contributed by atoms with van der Waals surface area (Å²) in [6.07, 6.45) is 4.83. The van der Waals surface area contributed by atoms with Crippen LogP contribution in [0.1, 0.15) is 41.6 Å². The van der Waals surface area contributed by atoms with E-state index in [4.69, 9.17) is 5.26 Å². The molecule has 2 heterocycles. The Morgan fingerprint density at radius 1 is 0.852 bits per heavy atom. The third-order valence-corrected chi connectivity index (χ3v) is 5.89. The van der Waals surface area contributed by atoms with Crippen LogP contribution in [0.15, 0.2) is 48.5 Å². The van der Waals surface area contributed by atoms with E-state index in [1.807, 2.05) is 53.4 Å². The Morgan fingerprint density at radius 3 is 1.96 bits per heavy atom. The van der Waals surface area contributed by atoms with E-state index >= 15 is 0 Å². The molecule has 27 heavy (non-hydrogen) atoms. The van der Waals surface area contributed by atoms with Gasteiger partial charge < -0.3 is 9.80 Å². The molecule has 1 amide bonds. The van der Waals surface area contributed by atoms with Gasteiger partial charge in [-0.25, -0.2) is 0 Å². The Hall–Kier alpha value is -2.64. The molecule has 2 aromatic rings. The molecule has 0 unspecified atom stereocenters. The smallest absolute Gasteiger partial charge is 0.253 e. The van der Waals surface area contributed by atoms with Crippen LogP contribution in [0.4, 0.5) is 0 Å². The molecule has 0 atom stereocenters. The SMILES string of the molecule is N#Cc1ccc(-c2ccc(C(=O)N3CCC(N4CCCC4)CC3)cc2)cc1. The molecule has 0 spiro atoms. The summed E-state index contributed by atoms with van der Waals surface area (Å²) < 4.78 is 0. The van der Waals surface area contributed by atoms with Crippen molar-refractivity contribution in [1.82, 2.24) is 9.80 Å². The molecule has 0 bridgehead atoms. The summed E-state index contributed by atoms with van der Waals surface area (Å²) in [7, 11) is 0. The van der Waals surface area contributed by atoms with E-state index in [9.17, 15) is 4.79 Å². The maximum atomic E-state index is 12.8. The van der Waals surface area contributed by atoms with Gasteiger partial charge in [0.2, 0.25) is 0 Å². The second-order valence-electron chi connectivity index (χ2n) is 7.53. The highest BCUT2D eigenvalue weighted by Crippen LogP contribution is 2.24. The molecule has 4 rings (SSSR count). The van der Waals surface area contributed by atoms with Gasteiger partial charge in [-0.15, -0.1) is 0 Å². The lowest BCUT2D eigenvalue weighted by Gasteiger charge is -2.36. The molecule has 2 fully saturated rings. The van der Waals surface area contributed by atoms with Crippen molar-refractivity contribution in [2.24, 2.45) is 0 Å². The number of nitriles is 1. The van der Waals surface area contributed by atoms with Gasteiger partial charge in [0.1, 0.15) is 0 Å². The highest BCUT2D eigenvalue weighted by Gasteiger charge is 2.28. The molecule has 2 aliphatic heterocycles. The lowest BCUT2D eigenvalue weighted by atomic mass is 10.0. The predicted molar refractivity (Wildman–Crippen MR) is 106 cm³/mol. The van der Waals surface area contributed by atoms with E-state index in [-0.39, 0.29) is 5.91 Å². The van der Waals surface area contributed by atoms with Crippen LogP contribution < -0.4 is 0 Å². The fourth-order valence-corrected chi connectivity index (χ4v) is 4.27. The largest absolute Gasteiger partial charge is 0.339 e. The maximum Gasteiger partial charge on any atom is 0.253 e. The third kappa shape index (κ3) is 3.89. The Kier molecular flexibility index (Phi) is 5.22. The minimum atomic E-state index is 0.140. The van der Waals surface area contributed by atoms with Crippen molar-refractivity contribution in [3.63, 3.8) is 0 Å². The van der Waals surface area contributed by atoms with Gasteiger partial charge in [-0.3, -0.25) is 4.79 Å². The van der Waals surface area contributed by atoms with Crippen LogP contribution in [0.3, 0.4) is 0 Å². The average Bonchev–Trinajstić information content (AvgIpc) is 3.28. The van der Waals surface area contributed by atoms with Crippen LogP contribution in [0.5, 0.6) is 0 Å². The molecular formula is C23H25N3O. The lowest BCUT2D eigenvalue weighted by Crippen LogP contribution is -2.45. The standard InChI is InChI=1S/C23H25N3O/c24-17-18-3-5-19(6-4-18)20-7-9-21(10-8-20)23(27)26-15-11-22(12-16-26)25-13-1-2-14-25/h3-10,22H,1-2,11-16H2. The third-order valence-electron chi connectivity index (χ3n) is 5.89. The van der Waals surface area contributed by atoms with Crippen molar-refractivity contribution in [2.45, 2.75) is 31.7 Å². The van der Waals surface area contributed by atoms with E-state index in [0.29, 0.717) is 11.6 Å². The number of benzene rings is 2. The predicted octanol–water partition coefficient (Wildman–Crippen LogP) is 3.93. The molecule has 4 nitrogen and oxygen atoms in total. The molecule has 138 valence electrons. The van der Waals surface area contributed by atoms with Crippen LogP contribution in [-0.4, -0.2) is 47.9 Å². The molecule has 0 saturated carbocycles. The van der Waals surface area contributed by atoms with Gasteiger partial charge >= 0.3 is 0 Å². The van der Waals surface area contributed by atoms with Gasteiger partial charge in [0.15, 0.2) is 0 Å². The topological polar surface area (TPSA) is 47.3 Å². The summed E-state index contributed by atoms with van der Waals surface area (Å²) in [4.78, 5) is 17.4. The van der Waals surface area contributed by atoms with Crippen molar-refractivity contribution in [1.29, 1.82) is 5.26 Å². The second-order valence-corrected chi connectivity index (χ2v) is 7.53. The molecule has 0 aliphatic carbocycles. The van der Waals surface area contributed by atoms with Gasteiger partial charge in [0.25, 0.3) is 5.91 Å². The summed E-state index contributed by atoms with van der Waals surface area (Å²) in [5.74, 6) is 0.140. The maximum absolute atomic E-state index is 12.8. The normalized spacial score (nSPS) is 18.4. The molecule has 2 aliphatic rings. The van der Waals surface area contributed by atoms with Gasteiger partial charge in [-0.1, -0.05) is 24.3 Å². The van der Waals surface area contributed by atoms with Crippen LogP contribution in [0.25, 0.3) is 11.1 Å². The highest BCUT2D eigenvalue weighted by atomic mass is 16.2. The van der Waals surface area contributed by atoms with Gasteiger partial charge in [-0.05, 0) is 74.2 Å². The quantitative estimate of drug-likeness (QED) is 0.834. The van der Waals surface area contributed by atoms with Crippen molar-refractivity contribution < 1.29 is 4.79 Å². The summed E-state index contributed by atoms with van der Waals surface area (Å²) in [5.41, 5.74) is 3.53. The highest BCUT2D eigenvalue weighted by molar-refractivity contribution is 5.94. The Morgan fingerprint density at radius 2 is 1.41 bits per heavy atom. The van der Waals surface area contributed by atoms with E-state index in [1.54, 1.807) is 0 Å². The first kappa shape index (κ1) is 17.8. The van der Waals surface area contributed by atoms with E-state index in [0.717, 1.165) is 42.6 Å². The van der Waals surface area contributed by atoms with Crippen molar-refractivity contribution >= 4 is 5.91 Å². The van der Waals surface area contributed by atoms with Gasteiger partial charge in [-0.2, -0.15) is 5.26 Å². The van der Waals surface area contributed by atoms with E-state index in [1.165, 1.54) is 25.9 Å². The van der Waals surface area contributed by atoms with Gasteiger partial charge in [0.05, 0.1) is 11.6 Å². The van der Waals surface area contributed by atoms with Crippen LogP contribution in [0.2, 0.25) is 0 Å². The number of nitrogens with zero attached hydrogens (tertiary/aromatic N) is 3. The molecule has 0 radical (unpaired) electrons. The monoisotopic (exact) mass is 359 g/mol. The minimum Gasteiger partial charge on any atom is -0.339 e. The van der Waals surface area contributed by atoms with Crippen LogP contribution in [0, 0.1) is 11.3 Å². The summed E-state index contributed by atoms with van der Waals surface area (Å²) >= 11 is 0. The molecule has 4 heteroatoms. The van der Waals surface area contributed by atoms with E-state index < -0.39 is 0 Å². The van der Waals surface area contributed by atoms with Crippen LogP contribution in [-0.2, 0) is 0 Å².